The van der Waals surface area contributed by atoms with Crippen LogP contribution in [0.3, 0.4) is 0 Å². The smallest absolute Gasteiger partial charge is 0.207 e. The summed E-state index contributed by atoms with van der Waals surface area (Å²) in [6.07, 6.45) is -2.85. The van der Waals surface area contributed by atoms with Crippen LogP contribution in [-0.4, -0.2) is 0 Å². The monoisotopic (exact) mass is 392 g/mol. The lowest BCUT2D eigenvalue weighted by Gasteiger charge is -2.13. The number of hydrogen-bond donors (Lipinski definition) is 0. The van der Waals surface area contributed by atoms with E-state index in [1.54, 1.807) is 0 Å². The third-order valence-corrected chi connectivity index (χ3v) is 4.95. The van der Waals surface area contributed by atoms with E-state index in [2.05, 4.69) is 0 Å². The number of benzene rings is 2. The molecule has 0 heterocycles. The first-order valence-electron chi connectivity index (χ1n) is 5.34. The lowest BCUT2D eigenvalue weighted by atomic mass is 10.0. The van der Waals surface area contributed by atoms with E-state index in [1.807, 2.05) is 0 Å². The molecule has 0 aliphatic rings. The Labute approximate surface area is 143 Å². The minimum Gasteiger partial charge on any atom is -0.207 e. The maximum atomic E-state index is 13.5. The molecule has 2 rings (SSSR count). The zero-order valence-corrected chi connectivity index (χ0v) is 13.6. The summed E-state index contributed by atoms with van der Waals surface area (Å²) in [5.74, 6) is -0.864. The second kappa shape index (κ2) is 6.43. The van der Waals surface area contributed by atoms with Gasteiger partial charge < -0.3 is 0 Å². The molecular weight excluding hydrogens is 390 g/mol. The van der Waals surface area contributed by atoms with Gasteiger partial charge in [0.15, 0.2) is 0 Å². The van der Waals surface area contributed by atoms with Gasteiger partial charge in [-0.25, -0.2) is 13.2 Å². The van der Waals surface area contributed by atoms with Gasteiger partial charge in [-0.1, -0.05) is 58.0 Å². The minimum absolute atomic E-state index is 0.0285. The summed E-state index contributed by atoms with van der Waals surface area (Å²) < 4.78 is 39.0. The third-order valence-electron chi connectivity index (χ3n) is 2.67. The van der Waals surface area contributed by atoms with Gasteiger partial charge in [0.2, 0.25) is 0 Å². The summed E-state index contributed by atoms with van der Waals surface area (Å²) in [5.41, 5.74) is -0.445. The number of hydrogen-bond acceptors (Lipinski definition) is 0. The fourth-order valence-electron chi connectivity index (χ4n) is 1.74. The Morgan fingerprint density at radius 2 is 1.19 bits per heavy atom. The van der Waals surface area contributed by atoms with E-state index in [4.69, 9.17) is 58.0 Å². The van der Waals surface area contributed by atoms with E-state index in [9.17, 15) is 13.2 Å². The van der Waals surface area contributed by atoms with Crippen LogP contribution in [0.15, 0.2) is 18.2 Å². The van der Waals surface area contributed by atoms with Crippen molar-refractivity contribution in [2.45, 2.75) is 6.43 Å². The largest absolute Gasteiger partial charge is 0.263 e. The van der Waals surface area contributed by atoms with E-state index in [0.29, 0.717) is 0 Å². The maximum absolute atomic E-state index is 13.5. The number of alkyl halides is 2. The van der Waals surface area contributed by atoms with Crippen LogP contribution < -0.4 is 0 Å². The summed E-state index contributed by atoms with van der Waals surface area (Å²) in [4.78, 5) is 0. The SMILES string of the molecule is Fc1cc(-c2c(Cl)c(Cl)c(Cl)c(Cl)c2Cl)cc(C(F)F)c1. The number of halogens is 8. The van der Waals surface area contributed by atoms with Crippen molar-refractivity contribution in [1.29, 1.82) is 0 Å². The van der Waals surface area contributed by atoms with Crippen molar-refractivity contribution in [1.82, 2.24) is 0 Å². The summed E-state index contributed by atoms with van der Waals surface area (Å²) in [6, 6.07) is 2.77. The molecule has 0 bridgehead atoms. The Morgan fingerprint density at radius 3 is 1.67 bits per heavy atom. The summed E-state index contributed by atoms with van der Waals surface area (Å²) in [7, 11) is 0. The molecule has 8 heteroatoms. The van der Waals surface area contributed by atoms with Crippen LogP contribution in [0.4, 0.5) is 13.2 Å². The Balaban J connectivity index is 2.79. The molecule has 0 fully saturated rings. The standard InChI is InChI=1S/C13H4Cl5F3/c14-8-7(9(15)11(17)12(18)10(8)16)4-1-5(13(20)21)3-6(19)2-4/h1-3,13H. The molecule has 0 saturated carbocycles. The van der Waals surface area contributed by atoms with Gasteiger partial charge in [-0.2, -0.15) is 0 Å². The van der Waals surface area contributed by atoms with Gasteiger partial charge in [-0.3, -0.25) is 0 Å². The van der Waals surface area contributed by atoms with Gasteiger partial charge in [0.1, 0.15) is 5.82 Å². The molecule has 0 aromatic heterocycles. The molecule has 0 atom stereocenters. The van der Waals surface area contributed by atoms with E-state index >= 15 is 0 Å². The highest BCUT2D eigenvalue weighted by molar-refractivity contribution is 6.56. The molecule has 0 unspecified atom stereocenters. The van der Waals surface area contributed by atoms with Crippen LogP contribution in [0, 0.1) is 5.82 Å². The first kappa shape index (κ1) is 17.0. The fraction of sp³-hybridized carbons (Fsp3) is 0.0769. The Bertz CT molecular complexity index is 686. The van der Waals surface area contributed by atoms with Crippen molar-refractivity contribution in [2.24, 2.45) is 0 Å². The summed E-state index contributed by atoms with van der Waals surface area (Å²) >= 11 is 29.7. The average Bonchev–Trinajstić information content (AvgIpc) is 2.42. The topological polar surface area (TPSA) is 0 Å². The molecule has 0 amide bonds. The molecule has 2 aromatic carbocycles. The second-order valence-electron chi connectivity index (χ2n) is 4.02. The second-order valence-corrected chi connectivity index (χ2v) is 5.91. The first-order chi connectivity index (χ1) is 9.73. The first-order valence-corrected chi connectivity index (χ1v) is 7.23. The minimum atomic E-state index is -2.85. The molecule has 0 spiro atoms. The maximum Gasteiger partial charge on any atom is 0.263 e. The fourth-order valence-corrected chi connectivity index (χ4v) is 3.10. The molecule has 0 radical (unpaired) electrons. The molecule has 0 aliphatic carbocycles. The van der Waals surface area contributed by atoms with Gasteiger partial charge in [-0.05, 0) is 23.8 Å². The number of rotatable bonds is 2. The van der Waals surface area contributed by atoms with Crippen LogP contribution in [0.5, 0.6) is 0 Å². The van der Waals surface area contributed by atoms with E-state index in [0.717, 1.165) is 18.2 Å². The van der Waals surface area contributed by atoms with Crippen LogP contribution in [0.2, 0.25) is 25.1 Å². The zero-order valence-electron chi connectivity index (χ0n) is 9.83. The molecule has 21 heavy (non-hydrogen) atoms. The van der Waals surface area contributed by atoms with Crippen LogP contribution in [-0.2, 0) is 0 Å². The van der Waals surface area contributed by atoms with E-state index < -0.39 is 17.8 Å². The molecular formula is C13H4Cl5F3. The highest BCUT2D eigenvalue weighted by Gasteiger charge is 2.22. The van der Waals surface area contributed by atoms with Crippen LogP contribution >= 0.6 is 58.0 Å². The van der Waals surface area contributed by atoms with E-state index in [1.165, 1.54) is 0 Å². The zero-order chi connectivity index (χ0) is 15.9. The predicted octanol–water partition coefficient (Wildman–Crippen LogP) is 7.70. The van der Waals surface area contributed by atoms with Crippen molar-refractivity contribution in [2.75, 3.05) is 0 Å². The Morgan fingerprint density at radius 1 is 0.714 bits per heavy atom. The molecule has 0 saturated heterocycles. The van der Waals surface area contributed by atoms with Gasteiger partial charge >= 0.3 is 0 Å². The van der Waals surface area contributed by atoms with Gasteiger partial charge in [0, 0.05) is 11.1 Å². The normalized spacial score (nSPS) is 11.3. The highest BCUT2D eigenvalue weighted by atomic mass is 35.5. The molecule has 0 aliphatic heterocycles. The highest BCUT2D eigenvalue weighted by Crippen LogP contribution is 2.48. The lowest BCUT2D eigenvalue weighted by molar-refractivity contribution is 0.151. The molecule has 112 valence electrons. The van der Waals surface area contributed by atoms with E-state index in [-0.39, 0.29) is 36.2 Å². The van der Waals surface area contributed by atoms with Crippen LogP contribution in [0.1, 0.15) is 12.0 Å². The lowest BCUT2D eigenvalue weighted by Crippen LogP contribution is -1.92. The van der Waals surface area contributed by atoms with Crippen LogP contribution in [0.25, 0.3) is 11.1 Å². The quantitative estimate of drug-likeness (QED) is 0.362. The third kappa shape index (κ3) is 3.22. The van der Waals surface area contributed by atoms with Crippen molar-refractivity contribution in [3.8, 4) is 11.1 Å². The average molecular weight is 394 g/mol. The molecule has 0 nitrogen and oxygen atoms in total. The summed E-state index contributed by atoms with van der Waals surface area (Å²) in [6.45, 7) is 0. The molecule has 2 aromatic rings. The van der Waals surface area contributed by atoms with Gasteiger partial charge in [0.25, 0.3) is 6.43 Å². The Hall–Kier alpha value is -0.320. The van der Waals surface area contributed by atoms with Gasteiger partial charge in [0.05, 0.1) is 25.1 Å². The summed E-state index contributed by atoms with van der Waals surface area (Å²) in [5, 5.41) is -0.442. The van der Waals surface area contributed by atoms with Crippen molar-refractivity contribution >= 4 is 58.0 Å². The van der Waals surface area contributed by atoms with Crippen molar-refractivity contribution in [3.63, 3.8) is 0 Å². The van der Waals surface area contributed by atoms with Crippen molar-refractivity contribution < 1.29 is 13.2 Å². The molecule has 0 N–H and O–H groups in total. The van der Waals surface area contributed by atoms with Crippen molar-refractivity contribution in [3.05, 3.63) is 54.7 Å². The predicted molar refractivity (Wildman–Crippen MR) is 81.8 cm³/mol. The Kier molecular flexibility index (Phi) is 5.22. The van der Waals surface area contributed by atoms with Gasteiger partial charge in [-0.15, -0.1) is 0 Å².